The second kappa shape index (κ2) is 6.03. The van der Waals surface area contributed by atoms with Gasteiger partial charge in [-0.05, 0) is 18.2 Å². The third-order valence-electron chi connectivity index (χ3n) is 3.30. The summed E-state index contributed by atoms with van der Waals surface area (Å²) in [5.74, 6) is 0.735. The predicted molar refractivity (Wildman–Crippen MR) is 89.1 cm³/mol. The van der Waals surface area contributed by atoms with Crippen LogP contribution in [0.2, 0.25) is 5.02 Å². The van der Waals surface area contributed by atoms with Gasteiger partial charge in [0.15, 0.2) is 0 Å². The highest BCUT2D eigenvalue weighted by molar-refractivity contribution is 6.32. The molecule has 2 aromatic carbocycles. The molecule has 2 N–H and O–H groups in total. The van der Waals surface area contributed by atoms with Gasteiger partial charge < -0.3 is 10.4 Å². The first-order valence-electron chi connectivity index (χ1n) is 6.78. The standard InChI is InChI=1S/C17H14ClN3O/c1-19-15-10-20-16(12-7-8-14(22)13(18)9-12)17(21-15)11-5-3-2-4-6-11/h2-10,22H,1H3,(H,19,21). The number of halogens is 1. The van der Waals surface area contributed by atoms with Gasteiger partial charge in [-0.2, -0.15) is 0 Å². The molecule has 0 radical (unpaired) electrons. The molecule has 1 aromatic heterocycles. The van der Waals surface area contributed by atoms with Crippen molar-refractivity contribution >= 4 is 17.4 Å². The van der Waals surface area contributed by atoms with Crippen LogP contribution in [0.5, 0.6) is 5.75 Å². The van der Waals surface area contributed by atoms with Crippen LogP contribution in [0.15, 0.2) is 54.7 Å². The Kier molecular flexibility index (Phi) is 3.94. The van der Waals surface area contributed by atoms with Crippen molar-refractivity contribution in [1.29, 1.82) is 0 Å². The number of anilines is 1. The van der Waals surface area contributed by atoms with Crippen molar-refractivity contribution in [3.05, 3.63) is 59.8 Å². The fourth-order valence-electron chi connectivity index (χ4n) is 2.17. The molecule has 0 spiro atoms. The topological polar surface area (TPSA) is 58.0 Å². The maximum Gasteiger partial charge on any atom is 0.145 e. The van der Waals surface area contributed by atoms with Crippen molar-refractivity contribution < 1.29 is 5.11 Å². The molecular formula is C17H14ClN3O. The first-order valence-corrected chi connectivity index (χ1v) is 7.16. The van der Waals surface area contributed by atoms with Crippen LogP contribution in [0, 0.1) is 0 Å². The summed E-state index contributed by atoms with van der Waals surface area (Å²) in [5, 5.41) is 12.9. The van der Waals surface area contributed by atoms with Crippen molar-refractivity contribution in [2.24, 2.45) is 0 Å². The highest BCUT2D eigenvalue weighted by atomic mass is 35.5. The van der Waals surface area contributed by atoms with E-state index in [1.807, 2.05) is 30.3 Å². The minimum atomic E-state index is 0.0477. The Balaban J connectivity index is 2.20. The Morgan fingerprint density at radius 2 is 1.77 bits per heavy atom. The van der Waals surface area contributed by atoms with E-state index >= 15 is 0 Å². The van der Waals surface area contributed by atoms with Crippen LogP contribution in [0.4, 0.5) is 5.82 Å². The van der Waals surface area contributed by atoms with Gasteiger partial charge in [0, 0.05) is 18.2 Å². The van der Waals surface area contributed by atoms with E-state index in [1.165, 1.54) is 0 Å². The maximum atomic E-state index is 9.58. The zero-order chi connectivity index (χ0) is 15.5. The second-order valence-electron chi connectivity index (χ2n) is 4.73. The Hall–Kier alpha value is -2.59. The molecule has 5 heteroatoms. The van der Waals surface area contributed by atoms with Gasteiger partial charge in [-0.3, -0.25) is 4.98 Å². The minimum absolute atomic E-state index is 0.0477. The fourth-order valence-corrected chi connectivity index (χ4v) is 2.35. The number of benzene rings is 2. The van der Waals surface area contributed by atoms with Gasteiger partial charge in [-0.1, -0.05) is 41.9 Å². The first kappa shape index (κ1) is 14.4. The summed E-state index contributed by atoms with van der Waals surface area (Å²) >= 11 is 6.01. The highest BCUT2D eigenvalue weighted by Gasteiger charge is 2.13. The minimum Gasteiger partial charge on any atom is -0.506 e. The number of phenolic OH excluding ortho intramolecular Hbond substituents is 1. The lowest BCUT2D eigenvalue weighted by Crippen LogP contribution is -1.99. The van der Waals surface area contributed by atoms with Crippen LogP contribution in [0.1, 0.15) is 0 Å². The van der Waals surface area contributed by atoms with Crippen molar-refractivity contribution in [2.45, 2.75) is 0 Å². The van der Waals surface area contributed by atoms with E-state index in [0.717, 1.165) is 16.8 Å². The smallest absolute Gasteiger partial charge is 0.145 e. The van der Waals surface area contributed by atoms with E-state index in [4.69, 9.17) is 11.6 Å². The SMILES string of the molecule is CNc1cnc(-c2ccc(O)c(Cl)c2)c(-c2ccccc2)n1. The van der Waals surface area contributed by atoms with E-state index in [2.05, 4.69) is 15.3 Å². The average molecular weight is 312 g/mol. The van der Waals surface area contributed by atoms with Crippen LogP contribution in [0.25, 0.3) is 22.5 Å². The molecule has 0 bridgehead atoms. The van der Waals surface area contributed by atoms with Crippen molar-refractivity contribution in [2.75, 3.05) is 12.4 Å². The third-order valence-corrected chi connectivity index (χ3v) is 3.60. The molecule has 4 nitrogen and oxygen atoms in total. The molecule has 3 rings (SSSR count). The lowest BCUT2D eigenvalue weighted by atomic mass is 10.0. The molecule has 1 heterocycles. The molecule has 0 atom stereocenters. The largest absolute Gasteiger partial charge is 0.506 e. The number of aromatic nitrogens is 2. The van der Waals surface area contributed by atoms with E-state index in [1.54, 1.807) is 31.4 Å². The van der Waals surface area contributed by atoms with E-state index in [0.29, 0.717) is 11.5 Å². The monoisotopic (exact) mass is 311 g/mol. The Bertz CT molecular complexity index is 806. The lowest BCUT2D eigenvalue weighted by molar-refractivity contribution is 0.475. The highest BCUT2D eigenvalue weighted by Crippen LogP contribution is 2.33. The molecular weight excluding hydrogens is 298 g/mol. The molecule has 3 aromatic rings. The van der Waals surface area contributed by atoms with Gasteiger partial charge >= 0.3 is 0 Å². The Labute approximate surface area is 133 Å². The molecule has 0 saturated carbocycles. The predicted octanol–water partition coefficient (Wildman–Crippen LogP) is 4.21. The van der Waals surface area contributed by atoms with Crippen molar-refractivity contribution in [3.63, 3.8) is 0 Å². The van der Waals surface area contributed by atoms with Crippen molar-refractivity contribution in [1.82, 2.24) is 9.97 Å². The Morgan fingerprint density at radius 1 is 1.00 bits per heavy atom. The number of aromatic hydroxyl groups is 1. The van der Waals surface area contributed by atoms with Gasteiger partial charge in [0.05, 0.1) is 22.6 Å². The van der Waals surface area contributed by atoms with Gasteiger partial charge in [-0.25, -0.2) is 4.98 Å². The second-order valence-corrected chi connectivity index (χ2v) is 5.14. The van der Waals surface area contributed by atoms with Gasteiger partial charge in [0.2, 0.25) is 0 Å². The van der Waals surface area contributed by atoms with Crippen molar-refractivity contribution in [3.8, 4) is 28.3 Å². The number of hydrogen-bond acceptors (Lipinski definition) is 4. The summed E-state index contributed by atoms with van der Waals surface area (Å²) in [7, 11) is 1.80. The summed E-state index contributed by atoms with van der Waals surface area (Å²) in [6, 6.07) is 14.8. The summed E-state index contributed by atoms with van der Waals surface area (Å²) in [4.78, 5) is 9.11. The number of nitrogens with zero attached hydrogens (tertiary/aromatic N) is 2. The molecule has 110 valence electrons. The van der Waals surface area contributed by atoms with Crippen LogP contribution in [-0.4, -0.2) is 22.1 Å². The molecule has 0 unspecified atom stereocenters. The van der Waals surface area contributed by atoms with E-state index in [-0.39, 0.29) is 10.8 Å². The molecule has 22 heavy (non-hydrogen) atoms. The lowest BCUT2D eigenvalue weighted by Gasteiger charge is -2.11. The summed E-state index contributed by atoms with van der Waals surface area (Å²) in [6.45, 7) is 0. The quantitative estimate of drug-likeness (QED) is 0.760. The van der Waals surface area contributed by atoms with Gasteiger partial charge in [0.1, 0.15) is 11.6 Å². The maximum absolute atomic E-state index is 9.58. The van der Waals surface area contributed by atoms with E-state index < -0.39 is 0 Å². The zero-order valence-corrected chi connectivity index (χ0v) is 12.7. The number of nitrogens with one attached hydrogen (secondary N) is 1. The normalized spacial score (nSPS) is 10.5. The number of phenols is 1. The van der Waals surface area contributed by atoms with E-state index in [9.17, 15) is 5.11 Å². The Morgan fingerprint density at radius 3 is 2.45 bits per heavy atom. The zero-order valence-electron chi connectivity index (χ0n) is 11.9. The number of hydrogen-bond donors (Lipinski definition) is 2. The number of rotatable bonds is 3. The average Bonchev–Trinajstić information content (AvgIpc) is 2.57. The molecule has 0 aliphatic heterocycles. The van der Waals surface area contributed by atoms with Crippen LogP contribution in [0.3, 0.4) is 0 Å². The van der Waals surface area contributed by atoms with Crippen LogP contribution in [-0.2, 0) is 0 Å². The summed E-state index contributed by atoms with van der Waals surface area (Å²) < 4.78 is 0. The van der Waals surface area contributed by atoms with Crippen LogP contribution >= 0.6 is 11.6 Å². The van der Waals surface area contributed by atoms with Gasteiger partial charge in [0.25, 0.3) is 0 Å². The molecule has 0 aliphatic rings. The first-order chi connectivity index (χ1) is 10.7. The summed E-state index contributed by atoms with van der Waals surface area (Å²) in [5.41, 5.74) is 3.24. The van der Waals surface area contributed by atoms with Gasteiger partial charge in [-0.15, -0.1) is 0 Å². The molecule has 0 saturated heterocycles. The summed E-state index contributed by atoms with van der Waals surface area (Å²) in [6.07, 6.45) is 1.67. The van der Waals surface area contributed by atoms with Crippen LogP contribution < -0.4 is 5.32 Å². The molecule has 0 aliphatic carbocycles. The fraction of sp³-hybridized carbons (Fsp3) is 0.0588. The molecule has 0 amide bonds. The third kappa shape index (κ3) is 2.73. The molecule has 0 fully saturated rings.